The molecule has 0 saturated heterocycles. The molecule has 0 bridgehead atoms. The van der Waals surface area contributed by atoms with Crippen LogP contribution in [0.2, 0.25) is 0 Å². The Bertz CT molecular complexity index is 826. The minimum Gasteiger partial charge on any atom is -0.459 e. The molecule has 0 heterocycles. The van der Waals surface area contributed by atoms with Crippen LogP contribution in [0.3, 0.4) is 0 Å². The van der Waals surface area contributed by atoms with Crippen LogP contribution in [0.1, 0.15) is 24.0 Å². The SMILES string of the molecule is COCC(=O)CCC(=O)N(CC(=O)OCc1ccccc1)CC(=O)OCc1ccccc1. The number of rotatable bonds is 13. The van der Waals surface area contributed by atoms with E-state index in [-0.39, 0.29) is 38.4 Å². The summed E-state index contributed by atoms with van der Waals surface area (Å²) in [6.45, 7) is -0.861. The van der Waals surface area contributed by atoms with Crippen molar-refractivity contribution < 1.29 is 33.4 Å². The quantitative estimate of drug-likeness (QED) is 0.440. The molecule has 2 aromatic rings. The van der Waals surface area contributed by atoms with Crippen LogP contribution < -0.4 is 0 Å². The van der Waals surface area contributed by atoms with Crippen LogP contribution in [-0.4, -0.2) is 55.3 Å². The molecule has 0 aliphatic carbocycles. The average molecular weight is 441 g/mol. The number of esters is 2. The molecule has 0 aliphatic heterocycles. The Kier molecular flexibility index (Phi) is 10.6. The van der Waals surface area contributed by atoms with Crippen molar-refractivity contribution in [3.8, 4) is 0 Å². The van der Waals surface area contributed by atoms with Crippen molar-refractivity contribution >= 4 is 23.6 Å². The van der Waals surface area contributed by atoms with Crippen LogP contribution >= 0.6 is 0 Å². The van der Waals surface area contributed by atoms with Crippen molar-refractivity contribution in [3.63, 3.8) is 0 Å². The van der Waals surface area contributed by atoms with Crippen molar-refractivity contribution in [1.29, 1.82) is 0 Å². The summed E-state index contributed by atoms with van der Waals surface area (Å²) in [4.78, 5) is 49.8. The lowest BCUT2D eigenvalue weighted by atomic mass is 10.2. The topological polar surface area (TPSA) is 99.2 Å². The van der Waals surface area contributed by atoms with E-state index in [0.29, 0.717) is 0 Å². The Morgan fingerprint density at radius 2 is 1.19 bits per heavy atom. The van der Waals surface area contributed by atoms with Crippen LogP contribution in [-0.2, 0) is 46.6 Å². The smallest absolute Gasteiger partial charge is 0.325 e. The summed E-state index contributed by atoms with van der Waals surface area (Å²) in [5.74, 6) is -2.11. The Labute approximate surface area is 187 Å². The number of hydrogen-bond acceptors (Lipinski definition) is 7. The number of carbonyl (C=O) groups is 4. The van der Waals surface area contributed by atoms with Crippen molar-refractivity contribution in [2.75, 3.05) is 26.8 Å². The highest BCUT2D eigenvalue weighted by Gasteiger charge is 2.22. The Morgan fingerprint density at radius 3 is 1.62 bits per heavy atom. The first-order valence-electron chi connectivity index (χ1n) is 10.2. The van der Waals surface area contributed by atoms with Crippen LogP contribution in [0.15, 0.2) is 60.7 Å². The molecule has 0 fully saturated rings. The first kappa shape index (κ1) is 24.7. The molecule has 0 atom stereocenters. The number of ketones is 1. The Hall–Kier alpha value is -3.52. The molecule has 0 saturated carbocycles. The predicted octanol–water partition coefficient (Wildman–Crippen LogP) is 2.30. The van der Waals surface area contributed by atoms with E-state index < -0.39 is 30.9 Å². The van der Waals surface area contributed by atoms with Crippen LogP contribution in [0, 0.1) is 0 Å². The second-order valence-electron chi connectivity index (χ2n) is 7.01. The molecule has 0 aromatic heterocycles. The lowest BCUT2D eigenvalue weighted by Gasteiger charge is -2.21. The molecular formula is C24H27NO7. The maximum Gasteiger partial charge on any atom is 0.325 e. The van der Waals surface area contributed by atoms with Gasteiger partial charge in [0.1, 0.15) is 32.9 Å². The van der Waals surface area contributed by atoms with E-state index in [2.05, 4.69) is 0 Å². The maximum absolute atomic E-state index is 12.6. The molecule has 8 heteroatoms. The van der Waals surface area contributed by atoms with E-state index in [0.717, 1.165) is 16.0 Å². The van der Waals surface area contributed by atoms with E-state index in [1.165, 1.54) is 7.11 Å². The molecule has 2 aromatic carbocycles. The molecule has 8 nitrogen and oxygen atoms in total. The lowest BCUT2D eigenvalue weighted by molar-refractivity contribution is -0.155. The normalized spacial score (nSPS) is 10.3. The van der Waals surface area contributed by atoms with Crippen LogP contribution in [0.25, 0.3) is 0 Å². The molecule has 0 aliphatic rings. The number of Topliss-reactive ketones (excluding diaryl/α,β-unsaturated/α-hetero) is 1. The molecule has 1 amide bonds. The minimum absolute atomic E-state index is 0.0481. The summed E-state index contributed by atoms with van der Waals surface area (Å²) in [5, 5.41) is 0. The summed E-state index contributed by atoms with van der Waals surface area (Å²) in [6.07, 6.45) is -0.207. The van der Waals surface area contributed by atoms with Gasteiger partial charge in [-0.25, -0.2) is 0 Å². The van der Waals surface area contributed by atoms with E-state index in [1.54, 1.807) is 24.3 Å². The zero-order valence-corrected chi connectivity index (χ0v) is 18.0. The fraction of sp³-hybridized carbons (Fsp3) is 0.333. The highest BCUT2D eigenvalue weighted by atomic mass is 16.5. The van der Waals surface area contributed by atoms with Crippen molar-refractivity contribution in [2.45, 2.75) is 26.1 Å². The van der Waals surface area contributed by atoms with Gasteiger partial charge in [0.15, 0.2) is 5.78 Å². The van der Waals surface area contributed by atoms with Gasteiger partial charge in [-0.15, -0.1) is 0 Å². The molecule has 0 radical (unpaired) electrons. The van der Waals surface area contributed by atoms with Gasteiger partial charge in [0.25, 0.3) is 0 Å². The Morgan fingerprint density at radius 1 is 0.719 bits per heavy atom. The van der Waals surface area contributed by atoms with Crippen molar-refractivity contribution in [2.24, 2.45) is 0 Å². The van der Waals surface area contributed by atoms with E-state index in [1.807, 2.05) is 36.4 Å². The summed E-state index contributed by atoms with van der Waals surface area (Å²) < 4.78 is 15.2. The van der Waals surface area contributed by atoms with Crippen molar-refractivity contribution in [3.05, 3.63) is 71.8 Å². The van der Waals surface area contributed by atoms with Crippen LogP contribution in [0.4, 0.5) is 0 Å². The highest BCUT2D eigenvalue weighted by Crippen LogP contribution is 2.06. The third-order valence-electron chi connectivity index (χ3n) is 4.40. The van der Waals surface area contributed by atoms with Crippen LogP contribution in [0.5, 0.6) is 0 Å². The summed E-state index contributed by atoms with van der Waals surface area (Å²) in [5.41, 5.74) is 1.59. The minimum atomic E-state index is -0.665. The maximum atomic E-state index is 12.6. The van der Waals surface area contributed by atoms with Gasteiger partial charge in [0.2, 0.25) is 5.91 Å². The van der Waals surface area contributed by atoms with E-state index >= 15 is 0 Å². The van der Waals surface area contributed by atoms with Crippen molar-refractivity contribution in [1.82, 2.24) is 4.90 Å². The van der Waals surface area contributed by atoms with Gasteiger partial charge in [-0.05, 0) is 11.1 Å². The highest BCUT2D eigenvalue weighted by molar-refractivity contribution is 5.89. The number of amides is 1. The summed E-state index contributed by atoms with van der Waals surface area (Å²) in [7, 11) is 1.39. The summed E-state index contributed by atoms with van der Waals surface area (Å²) >= 11 is 0. The molecular weight excluding hydrogens is 414 g/mol. The number of hydrogen-bond donors (Lipinski definition) is 0. The fourth-order valence-electron chi connectivity index (χ4n) is 2.75. The first-order chi connectivity index (χ1) is 15.5. The third-order valence-corrected chi connectivity index (χ3v) is 4.40. The number of benzene rings is 2. The number of nitrogens with zero attached hydrogens (tertiary/aromatic N) is 1. The van der Waals surface area contributed by atoms with Gasteiger partial charge in [-0.3, -0.25) is 19.2 Å². The van der Waals surface area contributed by atoms with Gasteiger partial charge in [0, 0.05) is 20.0 Å². The molecule has 0 N–H and O–H groups in total. The monoisotopic (exact) mass is 441 g/mol. The molecule has 170 valence electrons. The predicted molar refractivity (Wildman–Crippen MR) is 115 cm³/mol. The molecule has 32 heavy (non-hydrogen) atoms. The third kappa shape index (κ3) is 9.53. The average Bonchev–Trinajstić information content (AvgIpc) is 2.81. The second-order valence-corrected chi connectivity index (χ2v) is 7.01. The van der Waals surface area contributed by atoms with Gasteiger partial charge >= 0.3 is 11.9 Å². The number of ether oxygens (including phenoxy) is 3. The molecule has 0 unspecified atom stereocenters. The second kappa shape index (κ2) is 13.7. The van der Waals surface area contributed by atoms with E-state index in [4.69, 9.17) is 14.2 Å². The fourth-order valence-corrected chi connectivity index (χ4v) is 2.75. The zero-order chi connectivity index (χ0) is 23.2. The number of carbonyl (C=O) groups excluding carboxylic acids is 4. The molecule has 0 spiro atoms. The van der Waals surface area contributed by atoms with E-state index in [9.17, 15) is 19.2 Å². The van der Waals surface area contributed by atoms with Gasteiger partial charge in [-0.1, -0.05) is 60.7 Å². The van der Waals surface area contributed by atoms with Gasteiger partial charge in [0.05, 0.1) is 0 Å². The largest absolute Gasteiger partial charge is 0.459 e. The molecule has 2 rings (SSSR count). The lowest BCUT2D eigenvalue weighted by Crippen LogP contribution is -2.40. The first-order valence-corrected chi connectivity index (χ1v) is 10.2. The zero-order valence-electron chi connectivity index (χ0n) is 18.0. The standard InChI is InChI=1S/C24H27NO7/c1-30-18-21(26)12-13-22(27)25(14-23(28)31-16-19-8-4-2-5-9-19)15-24(29)32-17-20-10-6-3-7-11-20/h2-11H,12-18H2,1H3. The van der Waals surface area contributed by atoms with Gasteiger partial charge < -0.3 is 19.1 Å². The summed E-state index contributed by atoms with van der Waals surface area (Å²) in [6, 6.07) is 18.2. The number of methoxy groups -OCH3 is 1. The van der Waals surface area contributed by atoms with Gasteiger partial charge in [-0.2, -0.15) is 0 Å². The Balaban J connectivity index is 1.92.